The molecule has 2 aliphatic heterocycles. The van der Waals surface area contributed by atoms with E-state index >= 15 is 0 Å². The average Bonchev–Trinajstić information content (AvgIpc) is 2.55. The van der Waals surface area contributed by atoms with Crippen molar-refractivity contribution in [3.05, 3.63) is 0 Å². The van der Waals surface area contributed by atoms with Gasteiger partial charge in [-0.1, -0.05) is 0 Å². The van der Waals surface area contributed by atoms with Crippen LogP contribution in [0.5, 0.6) is 0 Å². The number of aliphatic carboxylic acids is 1. The lowest BCUT2D eigenvalue weighted by Crippen LogP contribution is -2.64. The highest BCUT2D eigenvalue weighted by Gasteiger charge is 2.50. The molecule has 2 amide bonds. The molecule has 0 bridgehead atoms. The lowest BCUT2D eigenvalue weighted by atomic mass is 9.77. The van der Waals surface area contributed by atoms with Crippen molar-refractivity contribution in [3.8, 4) is 0 Å². The predicted molar refractivity (Wildman–Crippen MR) is 88.8 cm³/mol. The first-order valence-corrected chi connectivity index (χ1v) is 8.66. The van der Waals surface area contributed by atoms with Crippen LogP contribution in [0.3, 0.4) is 0 Å². The molecule has 2 rings (SSSR count). The van der Waals surface area contributed by atoms with Gasteiger partial charge in [0, 0.05) is 33.5 Å². The van der Waals surface area contributed by atoms with Gasteiger partial charge in [-0.15, -0.1) is 0 Å². The van der Waals surface area contributed by atoms with Gasteiger partial charge in [-0.05, 0) is 26.2 Å². The fraction of sp³-hybridized carbons (Fsp3) is 0.824. The quantitative estimate of drug-likeness (QED) is 0.747. The number of likely N-dealkylation sites (tertiary alicyclic amines) is 1. The maximum absolute atomic E-state index is 12.1. The highest BCUT2D eigenvalue weighted by atomic mass is 16.5. The predicted octanol–water partition coefficient (Wildman–Crippen LogP) is 0.231. The normalized spacial score (nSPS) is 28.6. The molecule has 0 aliphatic carbocycles. The summed E-state index contributed by atoms with van der Waals surface area (Å²) in [6.07, 6.45) is 1.60. The Hall–Kier alpha value is -1.67. The number of nitrogens with zero attached hydrogens (tertiary/aromatic N) is 2. The fourth-order valence-corrected chi connectivity index (χ4v) is 3.68. The molecule has 2 heterocycles. The number of likely N-dealkylation sites (N-methyl/N-ethyl adjacent to an activating group) is 1. The number of carbonyl (C=O) groups is 3. The first kappa shape index (κ1) is 19.7. The number of carbonyl (C=O) groups excluding carboxylic acids is 2. The Morgan fingerprint density at radius 2 is 1.84 bits per heavy atom. The lowest BCUT2D eigenvalue weighted by molar-refractivity contribution is -0.209. The summed E-state index contributed by atoms with van der Waals surface area (Å²) in [4.78, 5) is 37.6. The van der Waals surface area contributed by atoms with Gasteiger partial charge in [0.2, 0.25) is 11.8 Å². The van der Waals surface area contributed by atoms with Crippen LogP contribution in [0.4, 0.5) is 0 Å². The van der Waals surface area contributed by atoms with Crippen LogP contribution < -0.4 is 0 Å². The Labute approximate surface area is 147 Å². The zero-order valence-electron chi connectivity index (χ0n) is 15.2. The first-order chi connectivity index (χ1) is 11.6. The molecule has 2 fully saturated rings. The number of piperidine rings is 1. The molecule has 0 radical (unpaired) electrons. The molecule has 2 atom stereocenters. The number of hydrogen-bond acceptors (Lipinski definition) is 5. The van der Waals surface area contributed by atoms with Crippen LogP contribution in [-0.2, 0) is 19.1 Å². The molecule has 142 valence electrons. The molecule has 2 aliphatic rings. The highest BCUT2D eigenvalue weighted by molar-refractivity contribution is 5.80. The summed E-state index contributed by atoms with van der Waals surface area (Å²) in [5, 5.41) is 19.3. The lowest BCUT2D eigenvalue weighted by Gasteiger charge is -2.52. The molecular weight excluding hydrogens is 328 g/mol. The van der Waals surface area contributed by atoms with E-state index in [-0.39, 0.29) is 37.3 Å². The molecule has 0 saturated carbocycles. The van der Waals surface area contributed by atoms with Crippen molar-refractivity contribution in [2.45, 2.75) is 63.2 Å². The Bertz CT molecular complexity index is 539. The van der Waals surface area contributed by atoms with E-state index in [9.17, 15) is 19.5 Å². The summed E-state index contributed by atoms with van der Waals surface area (Å²) in [5.41, 5.74) is -1.57. The minimum absolute atomic E-state index is 0.00754. The van der Waals surface area contributed by atoms with E-state index in [0.29, 0.717) is 32.4 Å². The SMILES string of the molecule is CC(=O)N(C)[C@H]1CC2(CCN(C(=O)CCC(=O)O)CC2)OC[C@]1(C)O. The monoisotopic (exact) mass is 356 g/mol. The third-order valence-electron chi connectivity index (χ3n) is 5.50. The van der Waals surface area contributed by atoms with E-state index in [1.165, 1.54) is 6.92 Å². The maximum atomic E-state index is 12.1. The zero-order valence-corrected chi connectivity index (χ0v) is 15.2. The van der Waals surface area contributed by atoms with E-state index in [4.69, 9.17) is 9.84 Å². The largest absolute Gasteiger partial charge is 0.481 e. The van der Waals surface area contributed by atoms with Gasteiger partial charge in [-0.25, -0.2) is 0 Å². The number of ether oxygens (including phenoxy) is 1. The molecule has 8 nitrogen and oxygen atoms in total. The number of carboxylic acid groups (broad SMARTS) is 1. The van der Waals surface area contributed by atoms with Crippen molar-refractivity contribution in [1.82, 2.24) is 9.80 Å². The van der Waals surface area contributed by atoms with Crippen LogP contribution in [0.15, 0.2) is 0 Å². The Morgan fingerprint density at radius 3 is 2.36 bits per heavy atom. The van der Waals surface area contributed by atoms with Gasteiger partial charge in [-0.2, -0.15) is 0 Å². The zero-order chi connectivity index (χ0) is 18.8. The molecule has 2 N–H and O–H groups in total. The number of aliphatic hydroxyl groups is 1. The van der Waals surface area contributed by atoms with Crippen LogP contribution >= 0.6 is 0 Å². The average molecular weight is 356 g/mol. The van der Waals surface area contributed by atoms with Gasteiger partial charge < -0.3 is 24.7 Å². The van der Waals surface area contributed by atoms with Crippen molar-refractivity contribution < 1.29 is 29.3 Å². The standard InChI is InChI=1S/C17H28N2O6/c1-12(20)18(3)13-10-17(25-11-16(13,2)24)6-8-19(9-7-17)14(21)4-5-15(22)23/h13,24H,4-11H2,1-3H3,(H,22,23)/t13-,16-/m0/s1. The van der Waals surface area contributed by atoms with Gasteiger partial charge in [0.25, 0.3) is 0 Å². The van der Waals surface area contributed by atoms with Gasteiger partial charge in [0.05, 0.1) is 24.7 Å². The second kappa shape index (κ2) is 7.29. The van der Waals surface area contributed by atoms with Crippen LogP contribution in [0.2, 0.25) is 0 Å². The van der Waals surface area contributed by atoms with Crippen molar-refractivity contribution in [1.29, 1.82) is 0 Å². The topological polar surface area (TPSA) is 107 Å². The van der Waals surface area contributed by atoms with Crippen LogP contribution in [0.1, 0.15) is 46.0 Å². The van der Waals surface area contributed by atoms with Gasteiger partial charge in [0.1, 0.15) is 5.60 Å². The Balaban J connectivity index is 1.99. The van der Waals surface area contributed by atoms with Crippen molar-refractivity contribution >= 4 is 17.8 Å². The summed E-state index contributed by atoms with van der Waals surface area (Å²) in [6.45, 7) is 4.28. The number of amides is 2. The summed E-state index contributed by atoms with van der Waals surface area (Å²) in [7, 11) is 1.69. The Kier molecular flexibility index (Phi) is 5.73. The van der Waals surface area contributed by atoms with Gasteiger partial charge in [-0.3, -0.25) is 14.4 Å². The summed E-state index contributed by atoms with van der Waals surface area (Å²) in [5.74, 6) is -1.24. The molecule has 0 aromatic rings. The van der Waals surface area contributed by atoms with E-state index in [1.54, 1.807) is 23.8 Å². The van der Waals surface area contributed by atoms with Gasteiger partial charge in [0.15, 0.2) is 0 Å². The molecule has 0 aromatic heterocycles. The molecule has 2 saturated heterocycles. The highest BCUT2D eigenvalue weighted by Crippen LogP contribution is 2.40. The molecule has 0 aromatic carbocycles. The second-order valence-corrected chi connectivity index (χ2v) is 7.45. The minimum Gasteiger partial charge on any atom is -0.481 e. The van der Waals surface area contributed by atoms with E-state index in [1.807, 2.05) is 0 Å². The summed E-state index contributed by atoms with van der Waals surface area (Å²) >= 11 is 0. The van der Waals surface area contributed by atoms with E-state index in [0.717, 1.165) is 0 Å². The second-order valence-electron chi connectivity index (χ2n) is 7.45. The smallest absolute Gasteiger partial charge is 0.303 e. The van der Waals surface area contributed by atoms with Gasteiger partial charge >= 0.3 is 5.97 Å². The molecule has 1 spiro atoms. The number of rotatable bonds is 4. The van der Waals surface area contributed by atoms with E-state index in [2.05, 4.69) is 0 Å². The van der Waals surface area contributed by atoms with Crippen molar-refractivity contribution in [3.63, 3.8) is 0 Å². The summed E-state index contributed by atoms with van der Waals surface area (Å²) in [6, 6.07) is -0.340. The Morgan fingerprint density at radius 1 is 1.24 bits per heavy atom. The van der Waals surface area contributed by atoms with Crippen LogP contribution in [0, 0.1) is 0 Å². The van der Waals surface area contributed by atoms with Crippen LogP contribution in [-0.4, -0.2) is 81.8 Å². The molecule has 8 heteroatoms. The fourth-order valence-electron chi connectivity index (χ4n) is 3.68. The third kappa shape index (κ3) is 4.49. The van der Waals surface area contributed by atoms with E-state index < -0.39 is 17.2 Å². The minimum atomic E-state index is -1.11. The van der Waals surface area contributed by atoms with Crippen molar-refractivity contribution in [2.24, 2.45) is 0 Å². The number of carboxylic acids is 1. The van der Waals surface area contributed by atoms with Crippen molar-refractivity contribution in [2.75, 3.05) is 26.7 Å². The molecule has 25 heavy (non-hydrogen) atoms. The third-order valence-corrected chi connectivity index (χ3v) is 5.50. The maximum Gasteiger partial charge on any atom is 0.303 e. The molecule has 0 unspecified atom stereocenters. The van der Waals surface area contributed by atoms with Crippen LogP contribution in [0.25, 0.3) is 0 Å². The summed E-state index contributed by atoms with van der Waals surface area (Å²) < 4.78 is 5.99. The number of hydrogen-bond donors (Lipinski definition) is 2. The molecular formula is C17H28N2O6. The first-order valence-electron chi connectivity index (χ1n) is 8.66.